The van der Waals surface area contributed by atoms with E-state index in [0.717, 1.165) is 18.7 Å². The molecule has 1 N–H and O–H groups in total. The van der Waals surface area contributed by atoms with E-state index >= 15 is 0 Å². The number of aryl methyl sites for hydroxylation is 1. The van der Waals surface area contributed by atoms with Crippen molar-refractivity contribution in [1.82, 2.24) is 14.3 Å². The quantitative estimate of drug-likeness (QED) is 0.787. The highest BCUT2D eigenvalue weighted by molar-refractivity contribution is 6.06. The van der Waals surface area contributed by atoms with E-state index in [9.17, 15) is 9.59 Å². The first-order chi connectivity index (χ1) is 12.6. The number of nitrogens with zero attached hydrogens (tertiary/aromatic N) is 4. The van der Waals surface area contributed by atoms with Crippen molar-refractivity contribution in [1.29, 1.82) is 0 Å². The second-order valence-corrected chi connectivity index (χ2v) is 6.25. The zero-order valence-corrected chi connectivity index (χ0v) is 14.4. The van der Waals surface area contributed by atoms with Crippen LogP contribution < -0.4 is 10.2 Å². The van der Waals surface area contributed by atoms with Crippen LogP contribution in [0, 0.1) is 0 Å². The van der Waals surface area contributed by atoms with Crippen molar-refractivity contribution in [2.75, 3.05) is 16.8 Å². The third kappa shape index (κ3) is 2.88. The van der Waals surface area contributed by atoms with Crippen LogP contribution in [0.5, 0.6) is 0 Å². The number of benzene rings is 1. The van der Waals surface area contributed by atoms with Gasteiger partial charge in [-0.3, -0.25) is 14.3 Å². The molecule has 0 bridgehead atoms. The van der Waals surface area contributed by atoms with Gasteiger partial charge in [0.25, 0.3) is 5.91 Å². The van der Waals surface area contributed by atoms with Crippen LogP contribution in [0.15, 0.2) is 55.0 Å². The van der Waals surface area contributed by atoms with Gasteiger partial charge in [0.1, 0.15) is 11.4 Å². The highest BCUT2D eigenvalue weighted by atomic mass is 16.2. The fraction of sp³-hybridized carbons (Fsp3) is 0.211. The molecule has 0 aliphatic carbocycles. The molecular formula is C19H19N5O2. The molecule has 0 atom stereocenters. The number of anilines is 2. The third-order valence-electron chi connectivity index (χ3n) is 4.49. The van der Waals surface area contributed by atoms with Crippen LogP contribution in [0.2, 0.25) is 0 Å². The summed E-state index contributed by atoms with van der Waals surface area (Å²) in [6, 6.07) is 11.2. The average molecular weight is 349 g/mol. The number of carbonyl (C=O) groups is 2. The fourth-order valence-corrected chi connectivity index (χ4v) is 3.24. The van der Waals surface area contributed by atoms with E-state index in [-0.39, 0.29) is 11.8 Å². The Labute approximate surface area is 150 Å². The molecule has 1 aliphatic heterocycles. The lowest BCUT2D eigenvalue weighted by Gasteiger charge is -2.17. The number of hydrogen-bond donors (Lipinski definition) is 1. The van der Waals surface area contributed by atoms with E-state index in [1.165, 1.54) is 0 Å². The lowest BCUT2D eigenvalue weighted by molar-refractivity contribution is -0.117. The second-order valence-electron chi connectivity index (χ2n) is 6.25. The molecule has 0 radical (unpaired) electrons. The van der Waals surface area contributed by atoms with Gasteiger partial charge in [-0.2, -0.15) is 5.10 Å². The molecule has 1 fully saturated rings. The Bertz CT molecular complexity index is 958. The minimum atomic E-state index is -0.244. The van der Waals surface area contributed by atoms with Crippen LogP contribution in [-0.4, -0.2) is 32.7 Å². The monoisotopic (exact) mass is 349 g/mol. The molecular weight excluding hydrogens is 330 g/mol. The van der Waals surface area contributed by atoms with Gasteiger partial charge in [0.2, 0.25) is 5.91 Å². The number of nitrogens with one attached hydrogen (secondary N) is 1. The van der Waals surface area contributed by atoms with E-state index in [4.69, 9.17) is 0 Å². The lowest BCUT2D eigenvalue weighted by Crippen LogP contribution is -2.23. The van der Waals surface area contributed by atoms with Crippen LogP contribution in [0.4, 0.5) is 11.4 Å². The highest BCUT2D eigenvalue weighted by Crippen LogP contribution is 2.25. The number of amides is 2. The fourth-order valence-electron chi connectivity index (χ4n) is 3.24. The van der Waals surface area contributed by atoms with Crippen molar-refractivity contribution in [3.05, 3.63) is 60.6 Å². The molecule has 7 heteroatoms. The van der Waals surface area contributed by atoms with Crippen LogP contribution in [0.25, 0.3) is 5.82 Å². The van der Waals surface area contributed by atoms with Gasteiger partial charge in [-0.05, 0) is 36.8 Å². The average Bonchev–Trinajstić information content (AvgIpc) is 3.35. The third-order valence-corrected chi connectivity index (χ3v) is 4.49. The standard InChI is InChI=1S/C19H19N5O2/c1-22-19(23-9-2-3-10-23)16(13-20-22)18(26)21-14-6-4-7-15(12-14)24-11-5-8-17(24)25/h2-4,6-7,9-10,12-13H,5,8,11H2,1H3,(H,21,26). The van der Waals surface area contributed by atoms with Gasteiger partial charge < -0.3 is 14.8 Å². The van der Waals surface area contributed by atoms with Crippen LogP contribution >= 0.6 is 0 Å². The Kier molecular flexibility index (Phi) is 4.04. The summed E-state index contributed by atoms with van der Waals surface area (Å²) in [6.45, 7) is 0.719. The largest absolute Gasteiger partial charge is 0.322 e. The van der Waals surface area contributed by atoms with Gasteiger partial charge >= 0.3 is 0 Å². The SMILES string of the molecule is Cn1ncc(C(=O)Nc2cccc(N3CCCC3=O)c2)c1-n1cccc1. The molecule has 1 aliphatic rings. The van der Waals surface area contributed by atoms with Gasteiger partial charge in [-0.1, -0.05) is 6.07 Å². The van der Waals surface area contributed by atoms with Crippen LogP contribution in [0.3, 0.4) is 0 Å². The lowest BCUT2D eigenvalue weighted by atomic mass is 10.2. The predicted octanol–water partition coefficient (Wildman–Crippen LogP) is 2.59. The molecule has 26 heavy (non-hydrogen) atoms. The van der Waals surface area contributed by atoms with Gasteiger partial charge in [-0.25, -0.2) is 0 Å². The van der Waals surface area contributed by atoms with Crippen LogP contribution in [0.1, 0.15) is 23.2 Å². The molecule has 2 aromatic heterocycles. The van der Waals surface area contributed by atoms with Crippen molar-refractivity contribution in [3.8, 4) is 5.82 Å². The molecule has 0 spiro atoms. The van der Waals surface area contributed by atoms with Crippen molar-refractivity contribution >= 4 is 23.2 Å². The van der Waals surface area contributed by atoms with Crippen molar-refractivity contribution in [2.24, 2.45) is 7.05 Å². The van der Waals surface area contributed by atoms with E-state index in [1.807, 2.05) is 53.4 Å². The first kappa shape index (κ1) is 16.1. The summed E-state index contributed by atoms with van der Waals surface area (Å²) < 4.78 is 3.51. The molecule has 4 rings (SSSR count). The molecule has 3 heterocycles. The Balaban J connectivity index is 1.59. The molecule has 1 saturated heterocycles. The summed E-state index contributed by atoms with van der Waals surface area (Å²) in [6.07, 6.45) is 6.73. The molecule has 2 amide bonds. The molecule has 1 aromatic carbocycles. The topological polar surface area (TPSA) is 72.2 Å². The van der Waals surface area contributed by atoms with E-state index in [0.29, 0.717) is 23.5 Å². The smallest absolute Gasteiger partial charge is 0.261 e. The number of hydrogen-bond acceptors (Lipinski definition) is 3. The van der Waals surface area contributed by atoms with Crippen molar-refractivity contribution < 1.29 is 9.59 Å². The first-order valence-electron chi connectivity index (χ1n) is 8.50. The van der Waals surface area contributed by atoms with Crippen molar-refractivity contribution in [2.45, 2.75) is 12.8 Å². The Morgan fingerprint density at radius 2 is 2.00 bits per heavy atom. The number of carbonyl (C=O) groups excluding carboxylic acids is 2. The summed E-state index contributed by atoms with van der Waals surface area (Å²) >= 11 is 0. The summed E-state index contributed by atoms with van der Waals surface area (Å²) in [7, 11) is 1.80. The normalized spacial score (nSPS) is 14.0. The number of rotatable bonds is 4. The van der Waals surface area contributed by atoms with E-state index < -0.39 is 0 Å². The second kappa shape index (κ2) is 6.51. The molecule has 132 valence electrons. The molecule has 0 unspecified atom stereocenters. The zero-order valence-electron chi connectivity index (χ0n) is 14.4. The maximum atomic E-state index is 12.8. The van der Waals surface area contributed by atoms with E-state index in [1.54, 1.807) is 22.8 Å². The summed E-state index contributed by atoms with van der Waals surface area (Å²) in [4.78, 5) is 26.5. The summed E-state index contributed by atoms with van der Waals surface area (Å²) in [5, 5.41) is 7.12. The Hall–Kier alpha value is -3.35. The van der Waals surface area contributed by atoms with Crippen molar-refractivity contribution in [3.63, 3.8) is 0 Å². The molecule has 0 saturated carbocycles. The number of aromatic nitrogens is 3. The summed E-state index contributed by atoms with van der Waals surface area (Å²) in [5.41, 5.74) is 1.93. The predicted molar refractivity (Wildman–Crippen MR) is 98.5 cm³/mol. The first-order valence-corrected chi connectivity index (χ1v) is 8.50. The van der Waals surface area contributed by atoms with Gasteiger partial charge in [0, 0.05) is 43.8 Å². The van der Waals surface area contributed by atoms with Gasteiger partial charge in [-0.15, -0.1) is 0 Å². The zero-order chi connectivity index (χ0) is 18.1. The molecule has 3 aromatic rings. The highest BCUT2D eigenvalue weighted by Gasteiger charge is 2.22. The van der Waals surface area contributed by atoms with Gasteiger partial charge in [0.15, 0.2) is 0 Å². The Morgan fingerprint density at radius 3 is 2.73 bits per heavy atom. The minimum absolute atomic E-state index is 0.121. The minimum Gasteiger partial charge on any atom is -0.322 e. The van der Waals surface area contributed by atoms with Crippen LogP contribution in [-0.2, 0) is 11.8 Å². The Morgan fingerprint density at radius 1 is 1.19 bits per heavy atom. The van der Waals surface area contributed by atoms with Gasteiger partial charge in [0.05, 0.1) is 6.20 Å². The summed E-state index contributed by atoms with van der Waals surface area (Å²) in [5.74, 6) is 0.570. The van der Waals surface area contributed by atoms with E-state index in [2.05, 4.69) is 10.4 Å². The maximum absolute atomic E-state index is 12.8. The molecule has 7 nitrogen and oxygen atoms in total. The maximum Gasteiger partial charge on any atom is 0.261 e.